The third-order valence-electron chi connectivity index (χ3n) is 2.27. The number of ketones is 1. The summed E-state index contributed by atoms with van der Waals surface area (Å²) >= 11 is 0. The Morgan fingerprint density at radius 2 is 1.94 bits per heavy atom. The molecule has 0 saturated carbocycles. The average Bonchev–Trinajstić information content (AvgIpc) is 2.27. The van der Waals surface area contributed by atoms with Crippen molar-refractivity contribution in [2.45, 2.75) is 26.4 Å². The fourth-order valence-corrected chi connectivity index (χ4v) is 1.42. The first-order valence-electron chi connectivity index (χ1n) is 5.26. The van der Waals surface area contributed by atoms with Crippen LogP contribution in [0, 0.1) is 12.3 Å². The van der Waals surface area contributed by atoms with Gasteiger partial charge in [-0.25, -0.2) is 0 Å². The van der Waals surface area contributed by atoms with E-state index in [0.717, 1.165) is 0 Å². The maximum atomic E-state index is 11.6. The first-order chi connectivity index (χ1) is 7.91. The van der Waals surface area contributed by atoms with Crippen LogP contribution in [0.1, 0.15) is 31.1 Å². The first kappa shape index (κ1) is 13.1. The lowest BCUT2D eigenvalue weighted by Gasteiger charge is -2.22. The number of hydrogen-bond acceptors (Lipinski definition) is 3. The number of methoxy groups -OCH3 is 1. The summed E-state index contributed by atoms with van der Waals surface area (Å²) in [6, 6.07) is 5.18. The van der Waals surface area contributed by atoms with Gasteiger partial charge in [0.15, 0.2) is 11.4 Å². The number of carbonyl (C=O) groups is 1. The lowest BCUT2D eigenvalue weighted by molar-refractivity contribution is 0.0999. The molecule has 0 atom stereocenters. The van der Waals surface area contributed by atoms with Crippen molar-refractivity contribution in [3.8, 4) is 23.8 Å². The minimum absolute atomic E-state index is 0.120. The highest BCUT2D eigenvalue weighted by molar-refractivity contribution is 5.99. The van der Waals surface area contributed by atoms with E-state index in [2.05, 4.69) is 5.92 Å². The predicted molar refractivity (Wildman–Crippen MR) is 66.5 cm³/mol. The van der Waals surface area contributed by atoms with E-state index in [1.54, 1.807) is 32.0 Å². The van der Waals surface area contributed by atoms with Gasteiger partial charge in [-0.15, -0.1) is 6.42 Å². The minimum atomic E-state index is -0.767. The van der Waals surface area contributed by atoms with Gasteiger partial charge in [0.2, 0.25) is 0 Å². The van der Waals surface area contributed by atoms with Gasteiger partial charge in [0.1, 0.15) is 17.1 Å². The second kappa shape index (κ2) is 4.92. The summed E-state index contributed by atoms with van der Waals surface area (Å²) in [6.07, 6.45) is 5.36. The molecule has 0 aliphatic carbocycles. The number of Topliss-reactive ketones (excluding diaryl/α,β-unsaturated/α-hetero) is 1. The largest absolute Gasteiger partial charge is 0.496 e. The smallest absolute Gasteiger partial charge is 0.167 e. The van der Waals surface area contributed by atoms with Gasteiger partial charge in [-0.05, 0) is 32.9 Å². The lowest BCUT2D eigenvalue weighted by atomic mass is 10.1. The monoisotopic (exact) mass is 232 g/mol. The zero-order valence-corrected chi connectivity index (χ0v) is 10.5. The van der Waals surface area contributed by atoms with Crippen LogP contribution in [0.2, 0.25) is 0 Å². The van der Waals surface area contributed by atoms with Crippen LogP contribution in [0.3, 0.4) is 0 Å². The molecule has 0 N–H and O–H groups in total. The van der Waals surface area contributed by atoms with Crippen molar-refractivity contribution in [3.63, 3.8) is 0 Å². The summed E-state index contributed by atoms with van der Waals surface area (Å²) in [5.74, 6) is 3.33. The number of ether oxygens (including phenoxy) is 2. The van der Waals surface area contributed by atoms with Crippen LogP contribution in [-0.2, 0) is 0 Å². The van der Waals surface area contributed by atoms with E-state index in [9.17, 15) is 4.79 Å². The second-order valence-electron chi connectivity index (χ2n) is 4.15. The molecule has 0 aromatic heterocycles. The van der Waals surface area contributed by atoms with Gasteiger partial charge in [-0.3, -0.25) is 4.79 Å². The Morgan fingerprint density at radius 3 is 2.41 bits per heavy atom. The maximum absolute atomic E-state index is 11.6. The Labute approximate surface area is 102 Å². The highest BCUT2D eigenvalue weighted by Crippen LogP contribution is 2.31. The van der Waals surface area contributed by atoms with Gasteiger partial charge in [0, 0.05) is 0 Å². The van der Waals surface area contributed by atoms with E-state index in [1.807, 2.05) is 0 Å². The van der Waals surface area contributed by atoms with Crippen molar-refractivity contribution in [2.75, 3.05) is 7.11 Å². The lowest BCUT2D eigenvalue weighted by Crippen LogP contribution is -2.26. The molecule has 0 amide bonds. The summed E-state index contributed by atoms with van der Waals surface area (Å²) < 4.78 is 10.8. The molecular weight excluding hydrogens is 216 g/mol. The third kappa shape index (κ3) is 3.01. The van der Waals surface area contributed by atoms with Gasteiger partial charge in [-0.1, -0.05) is 12.0 Å². The zero-order valence-electron chi connectivity index (χ0n) is 10.5. The van der Waals surface area contributed by atoms with Crippen molar-refractivity contribution in [1.29, 1.82) is 0 Å². The zero-order chi connectivity index (χ0) is 13.1. The third-order valence-corrected chi connectivity index (χ3v) is 2.27. The second-order valence-corrected chi connectivity index (χ2v) is 4.15. The van der Waals surface area contributed by atoms with E-state index < -0.39 is 5.60 Å². The molecule has 3 nitrogen and oxygen atoms in total. The normalized spacial score (nSPS) is 10.5. The molecular formula is C14H16O3. The van der Waals surface area contributed by atoms with Crippen LogP contribution >= 0.6 is 0 Å². The number of carbonyl (C=O) groups excluding carboxylic acids is 1. The number of benzene rings is 1. The molecule has 0 aliphatic heterocycles. The fraction of sp³-hybridized carbons (Fsp3) is 0.357. The quantitative estimate of drug-likeness (QED) is 0.591. The molecule has 0 bridgehead atoms. The molecule has 1 aromatic carbocycles. The number of rotatable bonds is 4. The first-order valence-corrected chi connectivity index (χ1v) is 5.26. The van der Waals surface area contributed by atoms with Gasteiger partial charge >= 0.3 is 0 Å². The maximum Gasteiger partial charge on any atom is 0.167 e. The van der Waals surface area contributed by atoms with Crippen LogP contribution in [0.15, 0.2) is 18.2 Å². The molecule has 0 unspecified atom stereocenters. The van der Waals surface area contributed by atoms with Gasteiger partial charge in [-0.2, -0.15) is 0 Å². The van der Waals surface area contributed by atoms with Gasteiger partial charge in [0.25, 0.3) is 0 Å². The van der Waals surface area contributed by atoms with Crippen LogP contribution in [0.25, 0.3) is 0 Å². The van der Waals surface area contributed by atoms with Crippen molar-refractivity contribution in [2.24, 2.45) is 0 Å². The van der Waals surface area contributed by atoms with Crippen LogP contribution < -0.4 is 9.47 Å². The molecule has 0 heterocycles. The highest BCUT2D eigenvalue weighted by atomic mass is 16.5. The molecule has 0 saturated heterocycles. The molecule has 90 valence electrons. The molecule has 3 heteroatoms. The van der Waals surface area contributed by atoms with Crippen molar-refractivity contribution < 1.29 is 14.3 Å². The Balaban J connectivity index is 3.25. The number of hydrogen-bond donors (Lipinski definition) is 0. The number of terminal acetylenes is 1. The topological polar surface area (TPSA) is 35.5 Å². The Kier molecular flexibility index (Phi) is 3.80. The van der Waals surface area contributed by atoms with E-state index >= 15 is 0 Å². The van der Waals surface area contributed by atoms with Crippen LogP contribution in [-0.4, -0.2) is 18.5 Å². The summed E-state index contributed by atoms with van der Waals surface area (Å²) in [5.41, 5.74) is -0.352. The Hall–Kier alpha value is -1.95. The molecule has 0 spiro atoms. The van der Waals surface area contributed by atoms with E-state index in [0.29, 0.717) is 17.1 Å². The standard InChI is InChI=1S/C14H16O3/c1-6-14(3,4)17-12-9-7-8-11(16-5)13(12)10(2)15/h1,7-9H,2-5H3. The molecule has 1 rings (SSSR count). The van der Waals surface area contributed by atoms with Crippen LogP contribution in [0.5, 0.6) is 11.5 Å². The summed E-state index contributed by atoms with van der Waals surface area (Å²) in [4.78, 5) is 11.6. The van der Waals surface area contributed by atoms with E-state index in [1.165, 1.54) is 14.0 Å². The van der Waals surface area contributed by atoms with Crippen molar-refractivity contribution in [3.05, 3.63) is 23.8 Å². The van der Waals surface area contributed by atoms with Crippen molar-refractivity contribution in [1.82, 2.24) is 0 Å². The Morgan fingerprint density at radius 1 is 1.35 bits per heavy atom. The molecule has 0 radical (unpaired) electrons. The van der Waals surface area contributed by atoms with Gasteiger partial charge < -0.3 is 9.47 Å². The highest BCUT2D eigenvalue weighted by Gasteiger charge is 2.21. The molecule has 17 heavy (non-hydrogen) atoms. The van der Waals surface area contributed by atoms with E-state index in [-0.39, 0.29) is 5.78 Å². The molecule has 0 fully saturated rings. The molecule has 0 aliphatic rings. The summed E-state index contributed by atoms with van der Waals surface area (Å²) in [7, 11) is 1.51. The summed E-state index contributed by atoms with van der Waals surface area (Å²) in [5, 5.41) is 0. The van der Waals surface area contributed by atoms with Crippen LogP contribution in [0.4, 0.5) is 0 Å². The summed E-state index contributed by atoms with van der Waals surface area (Å²) in [6.45, 7) is 4.99. The Bertz CT molecular complexity index is 467. The SMILES string of the molecule is C#CC(C)(C)Oc1cccc(OC)c1C(C)=O. The molecule has 1 aromatic rings. The fourth-order valence-electron chi connectivity index (χ4n) is 1.42. The van der Waals surface area contributed by atoms with Gasteiger partial charge in [0.05, 0.1) is 7.11 Å². The van der Waals surface area contributed by atoms with E-state index in [4.69, 9.17) is 15.9 Å². The average molecular weight is 232 g/mol. The minimum Gasteiger partial charge on any atom is -0.496 e. The van der Waals surface area contributed by atoms with Crippen molar-refractivity contribution >= 4 is 5.78 Å². The predicted octanol–water partition coefficient (Wildman–Crippen LogP) is 2.69.